The van der Waals surface area contributed by atoms with Crippen LogP contribution < -0.4 is 5.32 Å². The maximum Gasteiger partial charge on any atom is 0.326 e. The Morgan fingerprint density at radius 1 is 1.44 bits per heavy atom. The highest BCUT2D eigenvalue weighted by molar-refractivity contribution is 6.31. The highest BCUT2D eigenvalue weighted by Gasteiger charge is 2.21. The van der Waals surface area contributed by atoms with E-state index in [-0.39, 0.29) is 13.0 Å². The molecule has 0 radical (unpaired) electrons. The van der Waals surface area contributed by atoms with Gasteiger partial charge in [0.15, 0.2) is 0 Å². The standard InChI is InChI=1S/C12H14ClNO4/c1-7-8(3-2-4-9(7)13)11(16)14-10(5-6-15)12(17)18/h2-4,10,15H,5-6H2,1H3,(H,14,16)(H,17,18). The molecule has 0 saturated carbocycles. The summed E-state index contributed by atoms with van der Waals surface area (Å²) in [5.41, 5.74) is 0.913. The van der Waals surface area contributed by atoms with Crippen LogP contribution >= 0.6 is 11.6 Å². The number of hydrogen-bond donors (Lipinski definition) is 3. The van der Waals surface area contributed by atoms with Crippen LogP contribution in [0.3, 0.4) is 0 Å². The highest BCUT2D eigenvalue weighted by atomic mass is 35.5. The van der Waals surface area contributed by atoms with Gasteiger partial charge >= 0.3 is 5.97 Å². The van der Waals surface area contributed by atoms with Gasteiger partial charge < -0.3 is 15.5 Å². The SMILES string of the molecule is Cc1c(Cl)cccc1C(=O)NC(CCO)C(=O)O. The lowest BCUT2D eigenvalue weighted by atomic mass is 10.1. The van der Waals surface area contributed by atoms with E-state index in [1.807, 2.05) is 0 Å². The number of carbonyl (C=O) groups excluding carboxylic acids is 1. The number of rotatable bonds is 5. The van der Waals surface area contributed by atoms with Crippen molar-refractivity contribution in [3.8, 4) is 0 Å². The first-order chi connectivity index (χ1) is 8.47. The van der Waals surface area contributed by atoms with Gasteiger partial charge in [0.2, 0.25) is 0 Å². The van der Waals surface area contributed by atoms with E-state index in [4.69, 9.17) is 21.8 Å². The van der Waals surface area contributed by atoms with E-state index < -0.39 is 17.9 Å². The van der Waals surface area contributed by atoms with Gasteiger partial charge in [-0.1, -0.05) is 17.7 Å². The summed E-state index contributed by atoms with van der Waals surface area (Å²) in [6.07, 6.45) is -0.0410. The minimum absolute atomic E-state index is 0.0410. The Labute approximate surface area is 109 Å². The van der Waals surface area contributed by atoms with Gasteiger partial charge in [0.05, 0.1) is 0 Å². The summed E-state index contributed by atoms with van der Waals surface area (Å²) in [7, 11) is 0. The van der Waals surface area contributed by atoms with Crippen LogP contribution in [-0.2, 0) is 4.79 Å². The molecule has 98 valence electrons. The molecule has 0 saturated heterocycles. The van der Waals surface area contributed by atoms with Crippen molar-refractivity contribution in [1.82, 2.24) is 5.32 Å². The topological polar surface area (TPSA) is 86.6 Å². The lowest BCUT2D eigenvalue weighted by Gasteiger charge is -2.14. The number of nitrogens with one attached hydrogen (secondary N) is 1. The van der Waals surface area contributed by atoms with Crippen LogP contribution in [0, 0.1) is 6.92 Å². The number of halogens is 1. The van der Waals surface area contributed by atoms with Crippen molar-refractivity contribution in [2.45, 2.75) is 19.4 Å². The van der Waals surface area contributed by atoms with Crippen molar-refractivity contribution in [1.29, 1.82) is 0 Å². The van der Waals surface area contributed by atoms with Crippen LogP contribution in [0.1, 0.15) is 22.3 Å². The molecule has 1 aromatic carbocycles. The molecule has 1 amide bonds. The predicted octanol–water partition coefficient (Wildman–Crippen LogP) is 1.21. The molecule has 3 N–H and O–H groups in total. The number of aliphatic hydroxyl groups excluding tert-OH is 1. The Morgan fingerprint density at radius 2 is 2.11 bits per heavy atom. The zero-order chi connectivity index (χ0) is 13.7. The molecule has 0 bridgehead atoms. The molecule has 5 nitrogen and oxygen atoms in total. The summed E-state index contributed by atoms with van der Waals surface area (Å²) in [4.78, 5) is 22.7. The lowest BCUT2D eigenvalue weighted by Crippen LogP contribution is -2.41. The lowest BCUT2D eigenvalue weighted by molar-refractivity contribution is -0.139. The van der Waals surface area contributed by atoms with Crippen molar-refractivity contribution in [2.24, 2.45) is 0 Å². The van der Waals surface area contributed by atoms with Gasteiger partial charge in [0.25, 0.3) is 5.91 Å². The molecule has 0 aromatic heterocycles. The Morgan fingerprint density at radius 3 is 2.67 bits per heavy atom. The molecule has 1 unspecified atom stereocenters. The number of carboxylic acids is 1. The molecular formula is C12H14ClNO4. The Hall–Kier alpha value is -1.59. The molecule has 0 aliphatic rings. The zero-order valence-corrected chi connectivity index (χ0v) is 10.6. The minimum atomic E-state index is -1.18. The van der Waals surface area contributed by atoms with Crippen molar-refractivity contribution >= 4 is 23.5 Å². The molecule has 0 spiro atoms. The van der Waals surface area contributed by atoms with Crippen LogP contribution in [0.15, 0.2) is 18.2 Å². The first kappa shape index (κ1) is 14.5. The van der Waals surface area contributed by atoms with Crippen molar-refractivity contribution in [3.05, 3.63) is 34.3 Å². The molecule has 1 atom stereocenters. The molecule has 0 aliphatic heterocycles. The van der Waals surface area contributed by atoms with E-state index in [0.717, 1.165) is 0 Å². The summed E-state index contributed by atoms with van der Waals surface area (Å²) in [5, 5.41) is 20.4. The summed E-state index contributed by atoms with van der Waals surface area (Å²) >= 11 is 5.88. The second-order valence-corrected chi connectivity index (χ2v) is 4.20. The predicted molar refractivity (Wildman–Crippen MR) is 66.8 cm³/mol. The van der Waals surface area contributed by atoms with Gasteiger partial charge in [-0.15, -0.1) is 0 Å². The molecule has 1 aromatic rings. The van der Waals surface area contributed by atoms with Crippen LogP contribution in [0.4, 0.5) is 0 Å². The average Bonchev–Trinajstić information content (AvgIpc) is 2.31. The molecule has 18 heavy (non-hydrogen) atoms. The third-order valence-corrected chi connectivity index (χ3v) is 2.94. The largest absolute Gasteiger partial charge is 0.480 e. The van der Waals surface area contributed by atoms with E-state index in [1.54, 1.807) is 25.1 Å². The maximum atomic E-state index is 11.9. The fraction of sp³-hybridized carbons (Fsp3) is 0.333. The fourth-order valence-corrected chi connectivity index (χ4v) is 1.65. The quantitative estimate of drug-likeness (QED) is 0.751. The van der Waals surface area contributed by atoms with Gasteiger partial charge in [-0.05, 0) is 24.6 Å². The second-order valence-electron chi connectivity index (χ2n) is 3.79. The molecule has 0 aliphatic carbocycles. The van der Waals surface area contributed by atoms with Crippen LogP contribution in [-0.4, -0.2) is 34.7 Å². The molecule has 0 heterocycles. The summed E-state index contributed by atoms with van der Waals surface area (Å²) < 4.78 is 0. The highest BCUT2D eigenvalue weighted by Crippen LogP contribution is 2.18. The number of carboxylic acid groups (broad SMARTS) is 1. The van der Waals surface area contributed by atoms with Crippen molar-refractivity contribution < 1.29 is 19.8 Å². The van der Waals surface area contributed by atoms with Crippen LogP contribution in [0.2, 0.25) is 5.02 Å². The van der Waals surface area contributed by atoms with Crippen molar-refractivity contribution in [3.63, 3.8) is 0 Å². The second kappa shape index (κ2) is 6.37. The number of aliphatic hydroxyl groups is 1. The van der Waals surface area contributed by atoms with Gasteiger partial charge in [-0.2, -0.15) is 0 Å². The zero-order valence-electron chi connectivity index (χ0n) is 9.81. The van der Waals surface area contributed by atoms with Gasteiger partial charge in [0, 0.05) is 23.6 Å². The number of hydrogen-bond acceptors (Lipinski definition) is 3. The number of benzene rings is 1. The van der Waals surface area contributed by atoms with E-state index >= 15 is 0 Å². The monoisotopic (exact) mass is 271 g/mol. The van der Waals surface area contributed by atoms with Gasteiger partial charge in [-0.25, -0.2) is 4.79 Å². The number of carbonyl (C=O) groups is 2. The third kappa shape index (κ3) is 3.45. The van der Waals surface area contributed by atoms with E-state index in [1.165, 1.54) is 0 Å². The summed E-state index contributed by atoms with van der Waals surface area (Å²) in [5.74, 6) is -1.70. The van der Waals surface area contributed by atoms with Gasteiger partial charge in [0.1, 0.15) is 6.04 Å². The minimum Gasteiger partial charge on any atom is -0.480 e. The van der Waals surface area contributed by atoms with Crippen molar-refractivity contribution in [2.75, 3.05) is 6.61 Å². The molecule has 6 heteroatoms. The van der Waals surface area contributed by atoms with E-state index in [9.17, 15) is 9.59 Å². The molecule has 0 fully saturated rings. The Balaban J connectivity index is 2.87. The third-order valence-electron chi connectivity index (χ3n) is 2.53. The first-order valence-corrected chi connectivity index (χ1v) is 5.74. The van der Waals surface area contributed by atoms with E-state index in [2.05, 4.69) is 5.32 Å². The number of aliphatic carboxylic acids is 1. The first-order valence-electron chi connectivity index (χ1n) is 5.37. The molecular weight excluding hydrogens is 258 g/mol. The number of amides is 1. The molecule has 1 rings (SSSR count). The normalized spacial score (nSPS) is 11.9. The Kier molecular flexibility index (Phi) is 5.12. The fourth-order valence-electron chi connectivity index (χ4n) is 1.48. The smallest absolute Gasteiger partial charge is 0.326 e. The maximum absolute atomic E-state index is 11.9. The van der Waals surface area contributed by atoms with Crippen LogP contribution in [0.25, 0.3) is 0 Å². The summed E-state index contributed by atoms with van der Waals surface area (Å²) in [6, 6.07) is 3.72. The average molecular weight is 272 g/mol. The van der Waals surface area contributed by atoms with Gasteiger partial charge in [-0.3, -0.25) is 4.79 Å². The summed E-state index contributed by atoms with van der Waals surface area (Å²) in [6.45, 7) is 1.37. The van der Waals surface area contributed by atoms with E-state index in [0.29, 0.717) is 16.1 Å². The Bertz CT molecular complexity index is 461. The van der Waals surface area contributed by atoms with Crippen LogP contribution in [0.5, 0.6) is 0 Å².